The summed E-state index contributed by atoms with van der Waals surface area (Å²) >= 11 is 0. The van der Waals surface area contributed by atoms with Crippen LogP contribution < -0.4 is 0 Å². The Morgan fingerprint density at radius 2 is 1.48 bits per heavy atom. The first-order valence-electron chi connectivity index (χ1n) is 10.8. The Bertz CT molecular complexity index is 781. The average molecular weight is 395 g/mol. The maximum absolute atomic E-state index is 12.5. The predicted octanol–water partition coefficient (Wildman–Crippen LogP) is 5.31. The molecule has 0 atom stereocenters. The summed E-state index contributed by atoms with van der Waals surface area (Å²) in [4.78, 5) is 28.8. The van der Waals surface area contributed by atoms with Crippen molar-refractivity contribution in [2.24, 2.45) is 0 Å². The molecule has 0 aromatic heterocycles. The van der Waals surface area contributed by atoms with Crippen molar-refractivity contribution in [1.29, 1.82) is 0 Å². The zero-order chi connectivity index (χ0) is 21.2. The van der Waals surface area contributed by atoms with Gasteiger partial charge in [0.15, 0.2) is 0 Å². The number of amides is 2. The first-order valence-corrected chi connectivity index (χ1v) is 10.8. The number of carbonyl (C=O) groups is 2. The van der Waals surface area contributed by atoms with Crippen LogP contribution in [0, 0.1) is 6.92 Å². The molecule has 4 nitrogen and oxygen atoms in total. The quantitative estimate of drug-likeness (QED) is 0.541. The minimum Gasteiger partial charge on any atom is -0.299 e. The monoisotopic (exact) mass is 394 g/mol. The number of nitrogens with zero attached hydrogens (tertiary/aromatic N) is 2. The van der Waals surface area contributed by atoms with Gasteiger partial charge in [0.2, 0.25) is 0 Å². The smallest absolute Gasteiger partial charge is 0.261 e. The first-order chi connectivity index (χ1) is 14.1. The third-order valence-electron chi connectivity index (χ3n) is 5.05. The van der Waals surface area contributed by atoms with E-state index in [1.165, 1.54) is 16.0 Å². The first kappa shape index (κ1) is 22.8. The molecule has 1 aliphatic rings. The van der Waals surface area contributed by atoms with Gasteiger partial charge in [-0.25, -0.2) is 0 Å². The minimum atomic E-state index is -0.158. The fraction of sp³-hybridized carbons (Fsp3) is 0.440. The topological polar surface area (TPSA) is 40.6 Å². The summed E-state index contributed by atoms with van der Waals surface area (Å²) in [6.45, 7) is 11.6. The van der Waals surface area contributed by atoms with Gasteiger partial charge in [-0.2, -0.15) is 0 Å². The lowest BCUT2D eigenvalue weighted by Gasteiger charge is -2.23. The Kier molecular flexibility index (Phi) is 9.07. The summed E-state index contributed by atoms with van der Waals surface area (Å²) in [5.41, 5.74) is 3.65. The van der Waals surface area contributed by atoms with Crippen LogP contribution in [0.4, 0.5) is 0 Å². The van der Waals surface area contributed by atoms with E-state index in [9.17, 15) is 9.59 Å². The molecule has 4 heteroatoms. The fourth-order valence-electron chi connectivity index (χ4n) is 3.61. The maximum Gasteiger partial charge on any atom is 0.261 e. The molecule has 2 aromatic rings. The van der Waals surface area contributed by atoms with Crippen LogP contribution in [0.1, 0.15) is 71.9 Å². The summed E-state index contributed by atoms with van der Waals surface area (Å²) in [6, 6.07) is 15.7. The second-order valence-electron chi connectivity index (χ2n) is 7.28. The van der Waals surface area contributed by atoms with E-state index >= 15 is 0 Å². The lowest BCUT2D eigenvalue weighted by atomic mass is 10.1. The molecule has 0 aliphatic carbocycles. The number of rotatable bonds is 9. The molecule has 2 aromatic carbocycles. The van der Waals surface area contributed by atoms with E-state index in [2.05, 4.69) is 43.0 Å². The van der Waals surface area contributed by atoms with Gasteiger partial charge in [-0.15, -0.1) is 0 Å². The van der Waals surface area contributed by atoms with Crippen LogP contribution in [0.5, 0.6) is 0 Å². The van der Waals surface area contributed by atoms with E-state index in [1.807, 2.05) is 26.0 Å². The molecular weight excluding hydrogens is 360 g/mol. The highest BCUT2D eigenvalue weighted by Gasteiger charge is 2.34. The molecule has 2 amide bonds. The van der Waals surface area contributed by atoms with E-state index in [4.69, 9.17) is 0 Å². The van der Waals surface area contributed by atoms with Crippen LogP contribution in [-0.2, 0) is 6.54 Å². The molecular formula is C25H34N2O2. The number of hydrogen-bond donors (Lipinski definition) is 0. The van der Waals surface area contributed by atoms with Gasteiger partial charge in [0.25, 0.3) is 11.8 Å². The molecule has 1 heterocycles. The standard InChI is InChI=1S/C23H28N2O2.C2H6/c1-3-4-13-24(17-19-10-7-9-18(2)16-19)14-8-15-25-22(26)20-11-5-6-12-21(20)23(25)27;1-2/h5-7,9-12,16H,3-4,8,13-15,17H2,1-2H3;1-2H3. The highest BCUT2D eigenvalue weighted by atomic mass is 16.2. The average Bonchev–Trinajstić information content (AvgIpc) is 2.98. The second kappa shape index (κ2) is 11.5. The third kappa shape index (κ3) is 6.01. The van der Waals surface area contributed by atoms with Crippen LogP contribution in [0.25, 0.3) is 0 Å². The summed E-state index contributed by atoms with van der Waals surface area (Å²) in [7, 11) is 0. The van der Waals surface area contributed by atoms with Gasteiger partial charge in [-0.1, -0.05) is 69.2 Å². The molecule has 3 rings (SSSR count). The molecule has 0 bridgehead atoms. The fourth-order valence-corrected chi connectivity index (χ4v) is 3.61. The van der Waals surface area contributed by atoms with Crippen LogP contribution in [0.3, 0.4) is 0 Å². The molecule has 0 N–H and O–H groups in total. The highest BCUT2D eigenvalue weighted by Crippen LogP contribution is 2.22. The van der Waals surface area contributed by atoms with Gasteiger partial charge in [0.1, 0.15) is 0 Å². The van der Waals surface area contributed by atoms with E-state index in [1.54, 1.807) is 12.1 Å². The highest BCUT2D eigenvalue weighted by molar-refractivity contribution is 6.21. The number of fused-ring (bicyclic) bond motifs is 1. The molecule has 156 valence electrons. The van der Waals surface area contributed by atoms with E-state index in [0.717, 1.165) is 38.9 Å². The SMILES string of the molecule is CC.CCCCN(CCCN1C(=O)c2ccccc2C1=O)Cc1cccc(C)c1. The van der Waals surface area contributed by atoms with Crippen LogP contribution in [-0.4, -0.2) is 41.2 Å². The number of unbranched alkanes of at least 4 members (excludes halogenated alkanes) is 1. The zero-order valence-corrected chi connectivity index (χ0v) is 18.3. The van der Waals surface area contributed by atoms with Gasteiger partial charge < -0.3 is 0 Å². The van der Waals surface area contributed by atoms with E-state index in [0.29, 0.717) is 17.7 Å². The Morgan fingerprint density at radius 1 is 0.862 bits per heavy atom. The van der Waals surface area contributed by atoms with Gasteiger partial charge in [0, 0.05) is 19.6 Å². The maximum atomic E-state index is 12.5. The molecule has 0 spiro atoms. The van der Waals surface area contributed by atoms with Gasteiger partial charge >= 0.3 is 0 Å². The summed E-state index contributed by atoms with van der Waals surface area (Å²) < 4.78 is 0. The van der Waals surface area contributed by atoms with Gasteiger partial charge in [0.05, 0.1) is 11.1 Å². The third-order valence-corrected chi connectivity index (χ3v) is 5.05. The minimum absolute atomic E-state index is 0.158. The van der Waals surface area contributed by atoms with Crippen LogP contribution in [0.2, 0.25) is 0 Å². The van der Waals surface area contributed by atoms with Crippen LogP contribution >= 0.6 is 0 Å². The van der Waals surface area contributed by atoms with Crippen molar-refractivity contribution < 1.29 is 9.59 Å². The van der Waals surface area contributed by atoms with Crippen LogP contribution in [0.15, 0.2) is 48.5 Å². The van der Waals surface area contributed by atoms with E-state index < -0.39 is 0 Å². The number of aryl methyl sites for hydroxylation is 1. The summed E-state index contributed by atoms with van der Waals surface area (Å²) in [6.07, 6.45) is 3.10. The van der Waals surface area contributed by atoms with Crippen molar-refractivity contribution in [2.45, 2.75) is 53.5 Å². The number of hydrogen-bond acceptors (Lipinski definition) is 3. The molecule has 0 saturated carbocycles. The Morgan fingerprint density at radius 3 is 2.07 bits per heavy atom. The summed E-state index contributed by atoms with van der Waals surface area (Å²) in [5.74, 6) is -0.316. The Balaban J connectivity index is 0.00000145. The molecule has 1 aliphatic heterocycles. The normalized spacial score (nSPS) is 12.8. The van der Waals surface area contributed by atoms with Crippen molar-refractivity contribution in [1.82, 2.24) is 9.80 Å². The van der Waals surface area contributed by atoms with Gasteiger partial charge in [-0.3, -0.25) is 19.4 Å². The number of imide groups is 1. The van der Waals surface area contributed by atoms with Crippen molar-refractivity contribution in [3.05, 3.63) is 70.8 Å². The molecule has 29 heavy (non-hydrogen) atoms. The molecule has 0 saturated heterocycles. The predicted molar refractivity (Wildman–Crippen MR) is 119 cm³/mol. The molecule has 0 radical (unpaired) electrons. The number of carbonyl (C=O) groups excluding carboxylic acids is 2. The molecule has 0 unspecified atom stereocenters. The second-order valence-corrected chi connectivity index (χ2v) is 7.28. The number of benzene rings is 2. The lowest BCUT2D eigenvalue weighted by Crippen LogP contribution is -2.34. The summed E-state index contributed by atoms with van der Waals surface area (Å²) in [5, 5.41) is 0. The lowest BCUT2D eigenvalue weighted by molar-refractivity contribution is 0.0646. The largest absolute Gasteiger partial charge is 0.299 e. The molecule has 0 fully saturated rings. The van der Waals surface area contributed by atoms with Crippen molar-refractivity contribution in [2.75, 3.05) is 19.6 Å². The zero-order valence-electron chi connectivity index (χ0n) is 18.3. The van der Waals surface area contributed by atoms with Gasteiger partial charge in [-0.05, 0) is 44.0 Å². The van der Waals surface area contributed by atoms with Crippen molar-refractivity contribution in [3.63, 3.8) is 0 Å². The Labute approximate surface area is 175 Å². The Hall–Kier alpha value is -2.46. The van der Waals surface area contributed by atoms with E-state index in [-0.39, 0.29) is 11.8 Å². The van der Waals surface area contributed by atoms with Crippen molar-refractivity contribution >= 4 is 11.8 Å². The van der Waals surface area contributed by atoms with Crippen molar-refractivity contribution in [3.8, 4) is 0 Å².